The molecule has 15 heavy (non-hydrogen) atoms. The van der Waals surface area contributed by atoms with E-state index in [9.17, 15) is 4.79 Å². The van der Waals surface area contributed by atoms with Crippen molar-refractivity contribution in [1.29, 1.82) is 0 Å². The van der Waals surface area contributed by atoms with Gasteiger partial charge in [-0.2, -0.15) is 0 Å². The summed E-state index contributed by atoms with van der Waals surface area (Å²) < 4.78 is 5.65. The number of hydrogen-bond acceptors (Lipinski definition) is 4. The molecule has 0 aromatic carbocycles. The van der Waals surface area contributed by atoms with Gasteiger partial charge in [-0.3, -0.25) is 4.79 Å². The molecular weight excluding hydrogens is 210 g/mol. The summed E-state index contributed by atoms with van der Waals surface area (Å²) in [5.74, 6) is 0.0870. The Morgan fingerprint density at radius 3 is 3.13 bits per heavy atom. The summed E-state index contributed by atoms with van der Waals surface area (Å²) in [6.45, 7) is 3.98. The maximum Gasteiger partial charge on any atom is 0.140 e. The molecule has 1 N–H and O–H groups in total. The van der Waals surface area contributed by atoms with E-state index in [0.29, 0.717) is 6.61 Å². The summed E-state index contributed by atoms with van der Waals surface area (Å²) in [7, 11) is 0. The summed E-state index contributed by atoms with van der Waals surface area (Å²) in [6, 6.07) is 3.99. The van der Waals surface area contributed by atoms with Crippen LogP contribution in [0.4, 0.5) is 0 Å². The first kappa shape index (κ1) is 10.8. The summed E-state index contributed by atoms with van der Waals surface area (Å²) in [5.41, 5.74) is 0. The molecule has 1 aliphatic heterocycles. The highest BCUT2D eigenvalue weighted by atomic mass is 32.1. The number of nitrogens with one attached hydrogen (secondary N) is 1. The molecule has 4 heteroatoms. The molecule has 0 bridgehead atoms. The topological polar surface area (TPSA) is 38.3 Å². The van der Waals surface area contributed by atoms with Gasteiger partial charge in [-0.25, -0.2) is 0 Å². The molecule has 82 valence electrons. The summed E-state index contributed by atoms with van der Waals surface area (Å²) in [4.78, 5) is 12.7. The van der Waals surface area contributed by atoms with Crippen molar-refractivity contribution in [3.63, 3.8) is 0 Å². The number of carbonyl (C=O) groups is 1. The molecule has 1 saturated heterocycles. The Morgan fingerprint density at radius 2 is 2.60 bits per heavy atom. The second-order valence-corrected chi connectivity index (χ2v) is 4.70. The van der Waals surface area contributed by atoms with Crippen LogP contribution in [0.2, 0.25) is 0 Å². The minimum Gasteiger partial charge on any atom is -0.374 e. The van der Waals surface area contributed by atoms with Gasteiger partial charge in [0.2, 0.25) is 0 Å². The molecule has 0 aliphatic carbocycles. The lowest BCUT2D eigenvalue weighted by Crippen LogP contribution is -2.43. The molecule has 2 heterocycles. The molecule has 0 spiro atoms. The number of morpholine rings is 1. The first-order valence-electron chi connectivity index (χ1n) is 5.15. The molecule has 3 nitrogen and oxygen atoms in total. The zero-order valence-corrected chi connectivity index (χ0v) is 9.55. The fourth-order valence-corrected chi connectivity index (χ4v) is 2.85. The molecule has 0 radical (unpaired) electrons. The average molecular weight is 225 g/mol. The van der Waals surface area contributed by atoms with E-state index in [1.54, 1.807) is 18.3 Å². The predicted molar refractivity (Wildman–Crippen MR) is 60.4 cm³/mol. The third-order valence-corrected chi connectivity index (χ3v) is 3.57. The van der Waals surface area contributed by atoms with E-state index in [4.69, 9.17) is 4.74 Å². The highest BCUT2D eigenvalue weighted by molar-refractivity contribution is 7.10. The van der Waals surface area contributed by atoms with Crippen molar-refractivity contribution < 1.29 is 9.53 Å². The van der Waals surface area contributed by atoms with Crippen molar-refractivity contribution in [2.24, 2.45) is 0 Å². The van der Waals surface area contributed by atoms with Crippen LogP contribution in [0.15, 0.2) is 17.5 Å². The molecule has 1 fully saturated rings. The van der Waals surface area contributed by atoms with Crippen LogP contribution in [0, 0.1) is 0 Å². The Balaban J connectivity index is 2.15. The van der Waals surface area contributed by atoms with E-state index in [0.717, 1.165) is 18.0 Å². The van der Waals surface area contributed by atoms with Crippen molar-refractivity contribution in [2.75, 3.05) is 19.7 Å². The minimum atomic E-state index is -0.0993. The highest BCUT2D eigenvalue weighted by Crippen LogP contribution is 2.27. The van der Waals surface area contributed by atoms with E-state index in [1.165, 1.54) is 0 Å². The Hall–Kier alpha value is -0.710. The quantitative estimate of drug-likeness (QED) is 0.845. The largest absolute Gasteiger partial charge is 0.374 e. The second-order valence-electron chi connectivity index (χ2n) is 3.72. The van der Waals surface area contributed by atoms with Crippen molar-refractivity contribution >= 4 is 17.1 Å². The fourth-order valence-electron chi connectivity index (χ4n) is 1.91. The molecule has 1 aliphatic rings. The van der Waals surface area contributed by atoms with Gasteiger partial charge >= 0.3 is 0 Å². The Kier molecular flexibility index (Phi) is 3.51. The minimum absolute atomic E-state index is 0.00472. The maximum atomic E-state index is 11.6. The van der Waals surface area contributed by atoms with Gasteiger partial charge in [-0.15, -0.1) is 11.3 Å². The van der Waals surface area contributed by atoms with Crippen LogP contribution in [-0.4, -0.2) is 31.6 Å². The standard InChI is InChI=1S/C11H15NO2S/c1-8(13)11(10-3-2-6-15-10)9-7-12-4-5-14-9/h2-3,6,9,11-12H,4-5,7H2,1H3. The first-order chi connectivity index (χ1) is 7.29. The molecule has 0 amide bonds. The molecule has 2 atom stereocenters. The number of hydrogen-bond donors (Lipinski definition) is 1. The number of rotatable bonds is 3. The molecule has 2 rings (SSSR count). The van der Waals surface area contributed by atoms with Crippen molar-refractivity contribution in [3.05, 3.63) is 22.4 Å². The molecular formula is C11H15NO2S. The Labute approximate surface area is 93.4 Å². The average Bonchev–Trinajstić information content (AvgIpc) is 2.72. The number of ketones is 1. The van der Waals surface area contributed by atoms with Gasteiger partial charge < -0.3 is 10.1 Å². The molecule has 1 aromatic heterocycles. The lowest BCUT2D eigenvalue weighted by atomic mass is 9.95. The van der Waals surface area contributed by atoms with Crippen LogP contribution in [0.25, 0.3) is 0 Å². The first-order valence-corrected chi connectivity index (χ1v) is 6.03. The van der Waals surface area contributed by atoms with Gasteiger partial charge in [0.25, 0.3) is 0 Å². The van der Waals surface area contributed by atoms with Crippen LogP contribution in [0.3, 0.4) is 0 Å². The van der Waals surface area contributed by atoms with Crippen LogP contribution in [0.5, 0.6) is 0 Å². The van der Waals surface area contributed by atoms with Crippen LogP contribution >= 0.6 is 11.3 Å². The SMILES string of the molecule is CC(=O)C(c1cccs1)C1CNCCO1. The Morgan fingerprint density at radius 1 is 1.73 bits per heavy atom. The Bertz CT molecular complexity index is 317. The van der Waals surface area contributed by atoms with E-state index < -0.39 is 0 Å². The maximum absolute atomic E-state index is 11.6. The van der Waals surface area contributed by atoms with E-state index in [1.807, 2.05) is 17.5 Å². The van der Waals surface area contributed by atoms with Crippen molar-refractivity contribution in [2.45, 2.75) is 18.9 Å². The smallest absolute Gasteiger partial charge is 0.140 e. The van der Waals surface area contributed by atoms with Gasteiger partial charge in [-0.05, 0) is 18.4 Å². The summed E-state index contributed by atoms with van der Waals surface area (Å²) in [6.07, 6.45) is -0.00472. The van der Waals surface area contributed by atoms with Gasteiger partial charge in [0.15, 0.2) is 0 Å². The lowest BCUT2D eigenvalue weighted by molar-refractivity contribution is -0.122. The van der Waals surface area contributed by atoms with Gasteiger partial charge in [0.05, 0.1) is 18.6 Å². The third-order valence-electron chi connectivity index (χ3n) is 2.62. The zero-order chi connectivity index (χ0) is 10.7. The molecule has 0 saturated carbocycles. The predicted octanol–water partition coefficient (Wildman–Crippen LogP) is 1.41. The summed E-state index contributed by atoms with van der Waals surface area (Å²) in [5, 5.41) is 5.26. The van der Waals surface area contributed by atoms with E-state index in [2.05, 4.69) is 5.32 Å². The molecule has 1 aromatic rings. The van der Waals surface area contributed by atoms with Crippen LogP contribution in [-0.2, 0) is 9.53 Å². The molecule has 2 unspecified atom stereocenters. The number of carbonyl (C=O) groups excluding carboxylic acids is 1. The highest BCUT2D eigenvalue weighted by Gasteiger charge is 2.30. The van der Waals surface area contributed by atoms with E-state index >= 15 is 0 Å². The number of thiophene rings is 1. The number of Topliss-reactive ketones (excluding diaryl/α,β-unsaturated/α-hetero) is 1. The van der Waals surface area contributed by atoms with Gasteiger partial charge in [0, 0.05) is 18.0 Å². The summed E-state index contributed by atoms with van der Waals surface area (Å²) >= 11 is 1.62. The fraction of sp³-hybridized carbons (Fsp3) is 0.545. The van der Waals surface area contributed by atoms with Gasteiger partial charge in [-0.1, -0.05) is 6.07 Å². The number of ether oxygens (including phenoxy) is 1. The van der Waals surface area contributed by atoms with Crippen molar-refractivity contribution in [1.82, 2.24) is 5.32 Å². The van der Waals surface area contributed by atoms with Gasteiger partial charge in [0.1, 0.15) is 5.78 Å². The van der Waals surface area contributed by atoms with Crippen LogP contribution in [0.1, 0.15) is 17.7 Å². The normalized spacial score (nSPS) is 23.7. The van der Waals surface area contributed by atoms with E-state index in [-0.39, 0.29) is 17.8 Å². The van der Waals surface area contributed by atoms with Crippen LogP contribution < -0.4 is 5.32 Å². The monoisotopic (exact) mass is 225 g/mol. The zero-order valence-electron chi connectivity index (χ0n) is 8.73. The lowest BCUT2D eigenvalue weighted by Gasteiger charge is -2.28. The third kappa shape index (κ3) is 2.45. The van der Waals surface area contributed by atoms with Crippen molar-refractivity contribution in [3.8, 4) is 0 Å². The second kappa shape index (κ2) is 4.88.